The maximum Gasteiger partial charge on any atom is 0.277 e. The van der Waals surface area contributed by atoms with E-state index in [1.807, 2.05) is 29.2 Å². The molecule has 0 bridgehead atoms. The molecule has 1 aliphatic carbocycles. The summed E-state index contributed by atoms with van der Waals surface area (Å²) in [5, 5.41) is 8.36. The highest BCUT2D eigenvalue weighted by molar-refractivity contribution is 7.99. The van der Waals surface area contributed by atoms with Gasteiger partial charge < -0.3 is 14.1 Å². The fourth-order valence-electron chi connectivity index (χ4n) is 3.60. The number of thioether (sulfide) groups is 1. The number of carbonyl (C=O) groups excluding carboxylic acids is 1. The second kappa shape index (κ2) is 8.97. The molecule has 4 rings (SSSR count). The lowest BCUT2D eigenvalue weighted by molar-refractivity contribution is -0.129. The highest BCUT2D eigenvalue weighted by Gasteiger charge is 2.33. The van der Waals surface area contributed by atoms with Crippen molar-refractivity contribution < 1.29 is 22.4 Å². The zero-order chi connectivity index (χ0) is 21.1. The average molecular weight is 452 g/mol. The van der Waals surface area contributed by atoms with E-state index >= 15 is 0 Å². The van der Waals surface area contributed by atoms with E-state index < -0.39 is 9.84 Å². The normalized spacial score (nSPS) is 20.2. The van der Waals surface area contributed by atoms with Crippen molar-refractivity contribution in [3.63, 3.8) is 0 Å². The number of benzene rings is 1. The first-order valence-corrected chi connectivity index (χ1v) is 12.8. The molecule has 2 fully saturated rings. The van der Waals surface area contributed by atoms with E-state index in [1.54, 1.807) is 7.11 Å². The SMILES string of the molecule is COc1ccc(CN(C(=O)CSc2nnc(CC3CCS(=O)(=O)C3)o2)C2CC2)cc1. The molecular formula is C20H25N3O5S2. The van der Waals surface area contributed by atoms with Gasteiger partial charge in [-0.05, 0) is 42.9 Å². The molecule has 0 radical (unpaired) electrons. The zero-order valence-corrected chi connectivity index (χ0v) is 18.5. The number of carbonyl (C=O) groups is 1. The number of ether oxygens (including phenoxy) is 1. The van der Waals surface area contributed by atoms with Gasteiger partial charge in [-0.2, -0.15) is 0 Å². The summed E-state index contributed by atoms with van der Waals surface area (Å²) in [4.78, 5) is 14.7. The standard InChI is InChI=1S/C20H25N3O5S2/c1-27-17-6-2-14(3-7-17)11-23(16-4-5-16)19(24)12-29-20-22-21-18(28-20)10-15-8-9-30(25,26)13-15/h2-3,6-7,15-16H,4-5,8-13H2,1H3. The lowest BCUT2D eigenvalue weighted by Gasteiger charge is -2.22. The van der Waals surface area contributed by atoms with Gasteiger partial charge in [0.25, 0.3) is 5.22 Å². The number of hydrogen-bond donors (Lipinski definition) is 0. The van der Waals surface area contributed by atoms with Gasteiger partial charge >= 0.3 is 0 Å². The lowest BCUT2D eigenvalue weighted by Crippen LogP contribution is -2.33. The van der Waals surface area contributed by atoms with E-state index in [9.17, 15) is 13.2 Å². The summed E-state index contributed by atoms with van der Waals surface area (Å²) in [5.41, 5.74) is 1.06. The third kappa shape index (κ3) is 5.54. The zero-order valence-electron chi connectivity index (χ0n) is 16.8. The molecule has 1 aromatic heterocycles. The van der Waals surface area contributed by atoms with Crippen LogP contribution in [0.15, 0.2) is 33.9 Å². The third-order valence-corrected chi connectivity index (χ3v) is 8.02. The van der Waals surface area contributed by atoms with Crippen LogP contribution < -0.4 is 4.74 Å². The van der Waals surface area contributed by atoms with Crippen LogP contribution >= 0.6 is 11.8 Å². The van der Waals surface area contributed by atoms with Crippen LogP contribution in [0, 0.1) is 5.92 Å². The molecule has 2 aliphatic rings. The van der Waals surface area contributed by atoms with Gasteiger partial charge in [-0.1, -0.05) is 23.9 Å². The number of amides is 1. The molecule has 1 aromatic carbocycles. The van der Waals surface area contributed by atoms with E-state index in [0.29, 0.717) is 36.5 Å². The van der Waals surface area contributed by atoms with E-state index in [2.05, 4.69) is 10.2 Å². The minimum absolute atomic E-state index is 0.0322. The van der Waals surface area contributed by atoms with Crippen molar-refractivity contribution in [2.75, 3.05) is 24.4 Å². The minimum atomic E-state index is -2.92. The van der Waals surface area contributed by atoms with E-state index in [0.717, 1.165) is 24.2 Å². The molecule has 10 heteroatoms. The van der Waals surface area contributed by atoms with E-state index in [1.165, 1.54) is 11.8 Å². The van der Waals surface area contributed by atoms with Crippen LogP contribution in [-0.2, 0) is 27.6 Å². The van der Waals surface area contributed by atoms with Crippen molar-refractivity contribution in [3.8, 4) is 5.75 Å². The molecule has 30 heavy (non-hydrogen) atoms. The third-order valence-electron chi connectivity index (χ3n) is 5.38. The second-order valence-electron chi connectivity index (χ2n) is 7.82. The molecule has 1 amide bonds. The molecule has 1 atom stereocenters. The molecule has 0 spiro atoms. The number of sulfone groups is 1. The number of methoxy groups -OCH3 is 1. The monoisotopic (exact) mass is 451 g/mol. The Bertz CT molecular complexity index is 986. The van der Waals surface area contributed by atoms with Gasteiger partial charge in [-0.25, -0.2) is 8.42 Å². The Balaban J connectivity index is 1.30. The summed E-state index contributed by atoms with van der Waals surface area (Å²) in [7, 11) is -1.29. The summed E-state index contributed by atoms with van der Waals surface area (Å²) in [6.07, 6.45) is 3.16. The Morgan fingerprint density at radius 1 is 1.23 bits per heavy atom. The van der Waals surface area contributed by atoms with Gasteiger partial charge in [-0.3, -0.25) is 4.79 Å². The average Bonchev–Trinajstić information content (AvgIpc) is 3.38. The molecule has 1 saturated carbocycles. The maximum absolute atomic E-state index is 12.8. The Kier molecular flexibility index (Phi) is 6.33. The minimum Gasteiger partial charge on any atom is -0.497 e. The number of hydrogen-bond acceptors (Lipinski definition) is 8. The Hall–Kier alpha value is -2.07. The second-order valence-corrected chi connectivity index (χ2v) is 11.0. The first-order valence-electron chi connectivity index (χ1n) is 10.00. The summed E-state index contributed by atoms with van der Waals surface area (Å²) in [6, 6.07) is 8.04. The fraction of sp³-hybridized carbons (Fsp3) is 0.550. The van der Waals surface area contributed by atoms with Crippen LogP contribution in [0.25, 0.3) is 0 Å². The first-order chi connectivity index (χ1) is 14.4. The molecular weight excluding hydrogens is 426 g/mol. The predicted octanol–water partition coefficient (Wildman–Crippen LogP) is 2.34. The fourth-order valence-corrected chi connectivity index (χ4v) is 6.13. The van der Waals surface area contributed by atoms with Crippen molar-refractivity contribution in [1.82, 2.24) is 15.1 Å². The topological polar surface area (TPSA) is 103 Å². The van der Waals surface area contributed by atoms with Gasteiger partial charge in [0, 0.05) is 19.0 Å². The summed E-state index contributed by atoms with van der Waals surface area (Å²) < 4.78 is 34.0. The van der Waals surface area contributed by atoms with Crippen molar-refractivity contribution in [2.24, 2.45) is 5.92 Å². The number of rotatable bonds is 9. The van der Waals surface area contributed by atoms with E-state index in [4.69, 9.17) is 9.15 Å². The largest absolute Gasteiger partial charge is 0.497 e. The van der Waals surface area contributed by atoms with Crippen LogP contribution in [0.4, 0.5) is 0 Å². The molecule has 1 saturated heterocycles. The Morgan fingerprint density at radius 2 is 2.00 bits per heavy atom. The Labute approximate surface area is 180 Å². The highest BCUT2D eigenvalue weighted by atomic mass is 32.2. The van der Waals surface area contributed by atoms with Gasteiger partial charge in [0.05, 0.1) is 24.4 Å². The molecule has 2 aromatic rings. The molecule has 1 unspecified atom stereocenters. The summed E-state index contributed by atoms with van der Waals surface area (Å²) in [6.45, 7) is 0.569. The van der Waals surface area contributed by atoms with Crippen LogP contribution in [0.5, 0.6) is 5.75 Å². The number of aromatic nitrogens is 2. The predicted molar refractivity (Wildman–Crippen MR) is 112 cm³/mol. The van der Waals surface area contributed by atoms with Crippen LogP contribution in [0.2, 0.25) is 0 Å². The van der Waals surface area contributed by atoms with Crippen molar-refractivity contribution in [3.05, 3.63) is 35.7 Å². The molecule has 0 N–H and O–H groups in total. The lowest BCUT2D eigenvalue weighted by atomic mass is 10.1. The van der Waals surface area contributed by atoms with Crippen LogP contribution in [-0.4, -0.2) is 59.8 Å². The van der Waals surface area contributed by atoms with Crippen LogP contribution in [0.1, 0.15) is 30.7 Å². The van der Waals surface area contributed by atoms with Crippen molar-refractivity contribution in [1.29, 1.82) is 0 Å². The maximum atomic E-state index is 12.8. The summed E-state index contributed by atoms with van der Waals surface area (Å²) in [5.74, 6) is 1.94. The Morgan fingerprint density at radius 3 is 2.63 bits per heavy atom. The van der Waals surface area contributed by atoms with Gasteiger partial charge in [-0.15, -0.1) is 10.2 Å². The quantitative estimate of drug-likeness (QED) is 0.535. The summed E-state index contributed by atoms with van der Waals surface area (Å²) >= 11 is 1.23. The molecule has 8 nitrogen and oxygen atoms in total. The highest BCUT2D eigenvalue weighted by Crippen LogP contribution is 2.30. The molecule has 2 heterocycles. The van der Waals surface area contributed by atoms with E-state index in [-0.39, 0.29) is 29.1 Å². The smallest absolute Gasteiger partial charge is 0.277 e. The van der Waals surface area contributed by atoms with Gasteiger partial charge in [0.1, 0.15) is 5.75 Å². The first kappa shape index (κ1) is 21.2. The number of nitrogens with zero attached hydrogens (tertiary/aromatic N) is 3. The molecule has 162 valence electrons. The van der Waals surface area contributed by atoms with Crippen LogP contribution in [0.3, 0.4) is 0 Å². The van der Waals surface area contributed by atoms with Crippen molar-refractivity contribution in [2.45, 2.75) is 43.5 Å². The van der Waals surface area contributed by atoms with Crippen molar-refractivity contribution >= 4 is 27.5 Å². The van der Waals surface area contributed by atoms with Gasteiger partial charge in [0.15, 0.2) is 9.84 Å². The van der Waals surface area contributed by atoms with Gasteiger partial charge in [0.2, 0.25) is 11.8 Å². The molecule has 1 aliphatic heterocycles.